The fourth-order valence-corrected chi connectivity index (χ4v) is 4.07. The molecule has 2 aromatic carbocycles. The molecule has 0 aliphatic carbocycles. The van der Waals surface area contributed by atoms with Crippen molar-refractivity contribution in [2.45, 2.75) is 6.61 Å². The third-order valence-corrected chi connectivity index (χ3v) is 5.71. The number of carboxylic acid groups (broad SMARTS) is 1. The average Bonchev–Trinajstić information content (AvgIpc) is 3.21. The van der Waals surface area contributed by atoms with Gasteiger partial charge >= 0.3 is 5.97 Å². The molecular weight excluding hydrogens is 416 g/mol. The van der Waals surface area contributed by atoms with Gasteiger partial charge in [-0.1, -0.05) is 6.07 Å². The first-order valence-corrected chi connectivity index (χ1v) is 10.2. The molecule has 4 aromatic rings. The minimum absolute atomic E-state index is 0.178. The van der Waals surface area contributed by atoms with Crippen LogP contribution in [0.15, 0.2) is 66.3 Å². The smallest absolute Gasteiger partial charge is 0.338 e. The van der Waals surface area contributed by atoms with Gasteiger partial charge in [-0.3, -0.25) is 9.78 Å². The zero-order chi connectivity index (χ0) is 21.8. The van der Waals surface area contributed by atoms with Gasteiger partial charge in [0.2, 0.25) is 0 Å². The second kappa shape index (κ2) is 8.85. The third kappa shape index (κ3) is 4.49. The molecule has 0 saturated heterocycles. The van der Waals surface area contributed by atoms with Gasteiger partial charge < -0.3 is 19.9 Å². The topological polar surface area (TPSA) is 97.8 Å². The van der Waals surface area contributed by atoms with Crippen LogP contribution in [0.1, 0.15) is 26.3 Å². The van der Waals surface area contributed by atoms with Gasteiger partial charge in [-0.05, 0) is 41.8 Å². The second-order valence-electron chi connectivity index (χ2n) is 6.63. The van der Waals surface area contributed by atoms with Crippen LogP contribution in [0.3, 0.4) is 0 Å². The van der Waals surface area contributed by atoms with Crippen molar-refractivity contribution in [1.29, 1.82) is 0 Å². The first kappa shape index (κ1) is 20.4. The van der Waals surface area contributed by atoms with E-state index in [-0.39, 0.29) is 18.1 Å². The van der Waals surface area contributed by atoms with E-state index in [1.54, 1.807) is 61.8 Å². The number of nitrogens with zero attached hydrogens (tertiary/aromatic N) is 1. The molecule has 0 radical (unpaired) electrons. The number of nitrogens with one attached hydrogen (secondary N) is 1. The Kier molecular flexibility index (Phi) is 5.81. The van der Waals surface area contributed by atoms with Gasteiger partial charge in [-0.15, -0.1) is 11.3 Å². The Labute approximate surface area is 181 Å². The van der Waals surface area contributed by atoms with Crippen LogP contribution in [0, 0.1) is 0 Å². The molecule has 8 heteroatoms. The fourth-order valence-electron chi connectivity index (χ4n) is 3.03. The molecule has 7 nitrogen and oxygen atoms in total. The fraction of sp³-hybridized carbons (Fsp3) is 0.0870. The number of hydrogen-bond donors (Lipinski definition) is 2. The summed E-state index contributed by atoms with van der Waals surface area (Å²) in [5.41, 5.74) is 2.14. The highest BCUT2D eigenvalue weighted by Crippen LogP contribution is 2.29. The zero-order valence-electron chi connectivity index (χ0n) is 16.5. The normalized spacial score (nSPS) is 10.6. The number of fused-ring (bicyclic) bond motifs is 1. The van der Waals surface area contributed by atoms with Crippen molar-refractivity contribution in [3.8, 4) is 11.5 Å². The number of carbonyl (C=O) groups is 2. The number of amides is 1. The van der Waals surface area contributed by atoms with E-state index in [1.807, 2.05) is 5.38 Å². The Morgan fingerprint density at radius 1 is 1.10 bits per heavy atom. The Balaban J connectivity index is 1.45. The lowest BCUT2D eigenvalue weighted by Crippen LogP contribution is -2.11. The lowest BCUT2D eigenvalue weighted by atomic mass is 10.2. The number of methoxy groups -OCH3 is 1. The van der Waals surface area contributed by atoms with E-state index in [1.165, 1.54) is 17.5 Å². The van der Waals surface area contributed by atoms with Gasteiger partial charge in [-0.2, -0.15) is 0 Å². The number of carbonyl (C=O) groups excluding carboxylic acids is 1. The van der Waals surface area contributed by atoms with Crippen molar-refractivity contribution >= 4 is 39.0 Å². The Morgan fingerprint density at radius 3 is 2.65 bits per heavy atom. The van der Waals surface area contributed by atoms with Gasteiger partial charge in [0.05, 0.1) is 17.4 Å². The maximum Gasteiger partial charge on any atom is 0.338 e. The highest BCUT2D eigenvalue weighted by Gasteiger charge is 2.14. The van der Waals surface area contributed by atoms with Gasteiger partial charge in [0.1, 0.15) is 18.1 Å². The Morgan fingerprint density at radius 2 is 1.90 bits per heavy atom. The van der Waals surface area contributed by atoms with Gasteiger partial charge in [-0.25, -0.2) is 4.79 Å². The summed E-state index contributed by atoms with van der Waals surface area (Å²) in [7, 11) is 1.57. The molecule has 156 valence electrons. The number of benzene rings is 2. The summed E-state index contributed by atoms with van der Waals surface area (Å²) in [5.74, 6) is 0.0106. The summed E-state index contributed by atoms with van der Waals surface area (Å²) in [6.45, 7) is 0.251. The molecule has 0 saturated carbocycles. The average molecular weight is 434 g/mol. The van der Waals surface area contributed by atoms with Crippen LogP contribution in [0.2, 0.25) is 0 Å². The van der Waals surface area contributed by atoms with E-state index in [0.29, 0.717) is 27.4 Å². The molecule has 0 bridgehead atoms. The van der Waals surface area contributed by atoms with E-state index in [9.17, 15) is 14.7 Å². The van der Waals surface area contributed by atoms with Gasteiger partial charge in [0.25, 0.3) is 5.91 Å². The first-order chi connectivity index (χ1) is 15.0. The number of carboxylic acids is 1. The van der Waals surface area contributed by atoms with E-state index in [4.69, 9.17) is 9.47 Å². The molecule has 0 unspecified atom stereocenters. The van der Waals surface area contributed by atoms with Crippen LogP contribution in [-0.2, 0) is 6.61 Å². The largest absolute Gasteiger partial charge is 0.497 e. The summed E-state index contributed by atoms with van der Waals surface area (Å²) < 4.78 is 11.7. The van der Waals surface area contributed by atoms with E-state index < -0.39 is 5.97 Å². The third-order valence-electron chi connectivity index (χ3n) is 4.63. The van der Waals surface area contributed by atoms with Crippen molar-refractivity contribution in [2.24, 2.45) is 0 Å². The van der Waals surface area contributed by atoms with Crippen LogP contribution in [0.4, 0.5) is 5.69 Å². The molecule has 0 atom stereocenters. The number of aromatic carboxylic acids is 1. The maximum atomic E-state index is 12.5. The summed E-state index contributed by atoms with van der Waals surface area (Å²) in [4.78, 5) is 27.8. The summed E-state index contributed by atoms with van der Waals surface area (Å²) in [6, 6.07) is 13.9. The van der Waals surface area contributed by atoms with Gasteiger partial charge in [0.15, 0.2) is 0 Å². The van der Waals surface area contributed by atoms with Gasteiger partial charge in [0, 0.05) is 40.7 Å². The standard InChI is InChI=1S/C23H18N2O5S/c1-29-17-7-5-14(6-8-17)22(26)25-16-3-2-4-18(9-16)30-12-15-13-31-21-19(15)10-24-11-20(21)23(27)28/h2-11,13H,12H2,1H3,(H,25,26)(H,27,28). The quantitative estimate of drug-likeness (QED) is 0.432. The van der Waals surface area contributed by atoms with Crippen molar-refractivity contribution < 1.29 is 24.2 Å². The molecule has 0 aliphatic rings. The lowest BCUT2D eigenvalue weighted by molar-refractivity contribution is 0.0698. The first-order valence-electron chi connectivity index (χ1n) is 9.31. The minimum Gasteiger partial charge on any atom is -0.497 e. The predicted molar refractivity (Wildman–Crippen MR) is 118 cm³/mol. The van der Waals surface area contributed by atoms with Crippen molar-refractivity contribution in [2.75, 3.05) is 12.4 Å². The highest BCUT2D eigenvalue weighted by atomic mass is 32.1. The zero-order valence-corrected chi connectivity index (χ0v) is 17.3. The van der Waals surface area contributed by atoms with Crippen molar-refractivity contribution in [3.05, 3.63) is 83.0 Å². The van der Waals surface area contributed by atoms with Crippen molar-refractivity contribution in [3.63, 3.8) is 0 Å². The van der Waals surface area contributed by atoms with Crippen LogP contribution < -0.4 is 14.8 Å². The molecule has 0 fully saturated rings. The molecule has 0 spiro atoms. The maximum absolute atomic E-state index is 12.5. The lowest BCUT2D eigenvalue weighted by Gasteiger charge is -2.09. The number of rotatable bonds is 7. The van der Waals surface area contributed by atoms with Crippen molar-refractivity contribution in [1.82, 2.24) is 4.98 Å². The molecule has 1 amide bonds. The Bertz CT molecular complexity index is 1250. The highest BCUT2D eigenvalue weighted by molar-refractivity contribution is 7.17. The van der Waals surface area contributed by atoms with E-state index in [0.717, 1.165) is 10.9 Å². The molecular formula is C23H18N2O5S. The molecule has 2 N–H and O–H groups in total. The number of pyridine rings is 1. The molecule has 31 heavy (non-hydrogen) atoms. The summed E-state index contributed by atoms with van der Waals surface area (Å²) in [5, 5.41) is 14.8. The number of anilines is 1. The second-order valence-corrected chi connectivity index (χ2v) is 7.51. The Hall–Kier alpha value is -3.91. The number of hydrogen-bond acceptors (Lipinski definition) is 6. The number of ether oxygens (including phenoxy) is 2. The number of aromatic nitrogens is 1. The molecule has 2 aromatic heterocycles. The minimum atomic E-state index is -1.01. The number of thiophene rings is 1. The van der Waals surface area contributed by atoms with Crippen LogP contribution in [0.25, 0.3) is 10.1 Å². The molecule has 2 heterocycles. The predicted octanol–water partition coefficient (Wildman–Crippen LogP) is 4.83. The SMILES string of the molecule is COc1ccc(C(=O)Nc2cccc(OCc3csc4c(C(=O)O)cncc34)c2)cc1. The summed E-state index contributed by atoms with van der Waals surface area (Å²) in [6.07, 6.45) is 2.99. The van der Waals surface area contributed by atoms with Crippen LogP contribution >= 0.6 is 11.3 Å². The monoisotopic (exact) mass is 434 g/mol. The van der Waals surface area contributed by atoms with E-state index >= 15 is 0 Å². The molecule has 4 rings (SSSR count). The van der Waals surface area contributed by atoms with Crippen LogP contribution in [-0.4, -0.2) is 29.1 Å². The van der Waals surface area contributed by atoms with Crippen LogP contribution in [0.5, 0.6) is 11.5 Å². The van der Waals surface area contributed by atoms with E-state index in [2.05, 4.69) is 10.3 Å². The molecule has 0 aliphatic heterocycles. The summed E-state index contributed by atoms with van der Waals surface area (Å²) >= 11 is 1.35.